The number of hydrogen-bond donors (Lipinski definition) is 4. The van der Waals surface area contributed by atoms with Crippen LogP contribution >= 0.6 is 0 Å². The Bertz CT molecular complexity index is 1280. The molecular weight excluding hydrogens is 498 g/mol. The molecule has 2 amide bonds. The predicted molar refractivity (Wildman–Crippen MR) is 160 cm³/mol. The summed E-state index contributed by atoms with van der Waals surface area (Å²) in [4.78, 5) is 28.8. The fraction of sp³-hybridized carbons (Fsp3) is 0.394. The van der Waals surface area contributed by atoms with Crippen molar-refractivity contribution in [1.29, 1.82) is 0 Å². The molecule has 4 atom stereocenters. The van der Waals surface area contributed by atoms with Gasteiger partial charge < -0.3 is 27.0 Å². The molecule has 210 valence electrons. The van der Waals surface area contributed by atoms with Crippen LogP contribution in [0.1, 0.15) is 41.5 Å². The number of rotatable bonds is 11. The zero-order valence-electron chi connectivity index (χ0n) is 23.1. The second-order valence-electron chi connectivity index (χ2n) is 11.3. The van der Waals surface area contributed by atoms with Crippen LogP contribution in [0, 0.1) is 0 Å². The average molecular weight is 540 g/mol. The Kier molecular flexibility index (Phi) is 9.26. The van der Waals surface area contributed by atoms with Crippen molar-refractivity contribution in [2.45, 2.75) is 69.1 Å². The molecule has 0 unspecified atom stereocenters. The van der Waals surface area contributed by atoms with Crippen molar-refractivity contribution in [2.24, 2.45) is 11.5 Å². The first-order chi connectivity index (χ1) is 19.5. The van der Waals surface area contributed by atoms with Crippen LogP contribution in [-0.2, 0) is 35.3 Å². The van der Waals surface area contributed by atoms with E-state index in [2.05, 4.69) is 34.9 Å². The van der Waals surface area contributed by atoms with Gasteiger partial charge >= 0.3 is 0 Å². The molecule has 40 heavy (non-hydrogen) atoms. The summed E-state index contributed by atoms with van der Waals surface area (Å²) < 4.78 is 0. The van der Waals surface area contributed by atoms with Crippen molar-refractivity contribution in [2.75, 3.05) is 18.4 Å². The lowest BCUT2D eigenvalue weighted by atomic mass is 10.0. The van der Waals surface area contributed by atoms with E-state index in [0.717, 1.165) is 36.9 Å². The molecule has 3 aromatic carbocycles. The average Bonchev–Trinajstić information content (AvgIpc) is 3.62. The molecule has 7 heteroatoms. The smallest absolute Gasteiger partial charge is 0.247 e. The number of amides is 2. The molecule has 7 nitrogen and oxygen atoms in total. The predicted octanol–water partition coefficient (Wildman–Crippen LogP) is 3.20. The highest BCUT2D eigenvalue weighted by atomic mass is 16.2. The Labute approximate surface area is 237 Å². The van der Waals surface area contributed by atoms with Crippen LogP contribution in [0.2, 0.25) is 0 Å². The molecule has 1 fully saturated rings. The van der Waals surface area contributed by atoms with E-state index in [1.54, 1.807) is 4.90 Å². The largest absolute Gasteiger partial charge is 0.328 e. The molecule has 1 saturated heterocycles. The number of likely N-dealkylation sites (tertiary alicyclic amines) is 1. The van der Waals surface area contributed by atoms with Gasteiger partial charge in [0, 0.05) is 30.9 Å². The number of anilines is 1. The first kappa shape index (κ1) is 28.0. The Morgan fingerprint density at radius 2 is 1.60 bits per heavy atom. The number of nitrogens with two attached hydrogens (primary N) is 2. The van der Waals surface area contributed by atoms with Crippen LogP contribution in [0.25, 0.3) is 0 Å². The normalized spacial score (nSPS) is 19.7. The van der Waals surface area contributed by atoms with Crippen molar-refractivity contribution in [3.05, 3.63) is 101 Å². The molecule has 5 rings (SSSR count). The van der Waals surface area contributed by atoms with E-state index in [-0.39, 0.29) is 23.9 Å². The summed E-state index contributed by atoms with van der Waals surface area (Å²) in [5.74, 6) is -0.345. The maximum atomic E-state index is 13.6. The van der Waals surface area contributed by atoms with Gasteiger partial charge in [-0.2, -0.15) is 0 Å². The van der Waals surface area contributed by atoms with E-state index < -0.39 is 12.1 Å². The van der Waals surface area contributed by atoms with E-state index in [9.17, 15) is 9.59 Å². The van der Waals surface area contributed by atoms with Crippen molar-refractivity contribution >= 4 is 17.5 Å². The molecule has 6 N–H and O–H groups in total. The number of benzene rings is 3. The standard InChI is InChI=1S/C33H41N5O2/c34-27(18-24-10-5-2-6-11-24)21-36-29-20-31(32(39)37-28-16-15-25-12-7-13-26(25)19-28)38(22-29)33(40)30(35)17-14-23-8-3-1-4-9-23/h1-6,8-11,15-16,19,27,29-31,36H,7,12-14,17-18,20-22,34-35H2,(H,37,39)/t27-,29+,30-,31-/m0/s1. The lowest BCUT2D eigenvalue weighted by Crippen LogP contribution is -2.50. The highest BCUT2D eigenvalue weighted by molar-refractivity contribution is 5.98. The minimum Gasteiger partial charge on any atom is -0.328 e. The van der Waals surface area contributed by atoms with Gasteiger partial charge in [0.25, 0.3) is 0 Å². The van der Waals surface area contributed by atoms with Crippen molar-refractivity contribution in [3.8, 4) is 0 Å². The Morgan fingerprint density at radius 1 is 0.900 bits per heavy atom. The minimum absolute atomic E-state index is 0.0390. The summed E-state index contributed by atoms with van der Waals surface area (Å²) >= 11 is 0. The number of nitrogens with one attached hydrogen (secondary N) is 2. The number of hydrogen-bond acceptors (Lipinski definition) is 5. The molecule has 0 bridgehead atoms. The van der Waals surface area contributed by atoms with Gasteiger partial charge in [0.1, 0.15) is 6.04 Å². The Balaban J connectivity index is 1.23. The zero-order chi connectivity index (χ0) is 27.9. The second kappa shape index (κ2) is 13.2. The van der Waals surface area contributed by atoms with E-state index in [1.165, 1.54) is 16.7 Å². The molecular formula is C33H41N5O2. The molecule has 0 radical (unpaired) electrons. The van der Waals surface area contributed by atoms with Gasteiger partial charge in [-0.1, -0.05) is 66.7 Å². The third kappa shape index (κ3) is 7.16. The number of carbonyl (C=O) groups excluding carboxylic acids is 2. The van der Waals surface area contributed by atoms with Crippen molar-refractivity contribution < 1.29 is 9.59 Å². The van der Waals surface area contributed by atoms with Crippen molar-refractivity contribution in [1.82, 2.24) is 10.2 Å². The first-order valence-corrected chi connectivity index (χ1v) is 14.5. The van der Waals surface area contributed by atoms with Crippen LogP contribution < -0.4 is 22.1 Å². The van der Waals surface area contributed by atoms with Crippen LogP contribution in [-0.4, -0.2) is 54.0 Å². The van der Waals surface area contributed by atoms with Gasteiger partial charge in [-0.3, -0.25) is 9.59 Å². The monoisotopic (exact) mass is 539 g/mol. The molecule has 1 heterocycles. The third-order valence-corrected chi connectivity index (χ3v) is 8.17. The molecule has 2 aliphatic rings. The zero-order valence-corrected chi connectivity index (χ0v) is 23.1. The van der Waals surface area contributed by atoms with E-state index >= 15 is 0 Å². The van der Waals surface area contributed by atoms with Gasteiger partial charge in [-0.15, -0.1) is 0 Å². The molecule has 1 aliphatic heterocycles. The summed E-state index contributed by atoms with van der Waals surface area (Å²) in [5.41, 5.74) is 18.6. The highest BCUT2D eigenvalue weighted by Gasteiger charge is 2.41. The molecule has 0 aromatic heterocycles. The number of fused-ring (bicyclic) bond motifs is 1. The quantitative estimate of drug-likeness (QED) is 0.299. The number of carbonyl (C=O) groups is 2. The fourth-order valence-electron chi connectivity index (χ4n) is 5.96. The molecule has 0 saturated carbocycles. The second-order valence-corrected chi connectivity index (χ2v) is 11.3. The highest BCUT2D eigenvalue weighted by Crippen LogP contribution is 2.26. The number of nitrogens with zero attached hydrogens (tertiary/aromatic N) is 1. The van der Waals surface area contributed by atoms with Crippen LogP contribution in [0.4, 0.5) is 5.69 Å². The minimum atomic E-state index is -0.672. The summed E-state index contributed by atoms with van der Waals surface area (Å²) in [6.45, 7) is 1.03. The number of aryl methyl sites for hydroxylation is 3. The lowest BCUT2D eigenvalue weighted by Gasteiger charge is -2.27. The first-order valence-electron chi connectivity index (χ1n) is 14.5. The van der Waals surface area contributed by atoms with E-state index in [4.69, 9.17) is 11.5 Å². The SMILES string of the molecule is N[C@H](CN[C@@H]1C[C@@H](C(=O)Nc2ccc3c(c2)CCC3)N(C(=O)[C@@H](N)CCc2ccccc2)C1)Cc1ccccc1. The van der Waals surface area contributed by atoms with Crippen LogP contribution in [0.3, 0.4) is 0 Å². The maximum Gasteiger partial charge on any atom is 0.247 e. The lowest BCUT2D eigenvalue weighted by molar-refractivity contribution is -0.137. The van der Waals surface area contributed by atoms with E-state index in [0.29, 0.717) is 32.4 Å². The summed E-state index contributed by atoms with van der Waals surface area (Å²) in [7, 11) is 0. The van der Waals surface area contributed by atoms with Gasteiger partial charge in [0.15, 0.2) is 0 Å². The molecule has 3 aromatic rings. The fourth-order valence-corrected chi connectivity index (χ4v) is 5.96. The maximum absolute atomic E-state index is 13.6. The van der Waals surface area contributed by atoms with Crippen LogP contribution in [0.15, 0.2) is 78.9 Å². The van der Waals surface area contributed by atoms with Gasteiger partial charge in [0.2, 0.25) is 11.8 Å². The Morgan fingerprint density at radius 3 is 2.35 bits per heavy atom. The van der Waals surface area contributed by atoms with Crippen molar-refractivity contribution in [3.63, 3.8) is 0 Å². The van der Waals surface area contributed by atoms with Crippen LogP contribution in [0.5, 0.6) is 0 Å². The molecule has 1 aliphatic carbocycles. The molecule has 0 spiro atoms. The van der Waals surface area contributed by atoms with E-state index in [1.807, 2.05) is 54.6 Å². The third-order valence-electron chi connectivity index (χ3n) is 8.17. The van der Waals surface area contributed by atoms with Gasteiger partial charge in [0.05, 0.1) is 6.04 Å². The summed E-state index contributed by atoms with van der Waals surface area (Å²) in [6, 6.07) is 25.0. The van der Waals surface area contributed by atoms with Gasteiger partial charge in [-0.05, 0) is 79.3 Å². The Hall–Kier alpha value is -3.52. The summed E-state index contributed by atoms with van der Waals surface area (Å²) in [5, 5.41) is 6.61. The summed E-state index contributed by atoms with van der Waals surface area (Å²) in [6.07, 6.45) is 5.80. The van der Waals surface area contributed by atoms with Gasteiger partial charge in [-0.25, -0.2) is 0 Å². The topological polar surface area (TPSA) is 113 Å².